The van der Waals surface area contributed by atoms with Crippen LogP contribution in [0.15, 0.2) is 12.3 Å². The van der Waals surface area contributed by atoms with Crippen LogP contribution in [0, 0.1) is 0 Å². The van der Waals surface area contributed by atoms with E-state index in [1.54, 1.807) is 19.2 Å². The number of likely N-dealkylation sites (tertiary alicyclic amines) is 1. The molecule has 1 unspecified atom stereocenters. The van der Waals surface area contributed by atoms with Gasteiger partial charge in [0.05, 0.1) is 17.7 Å². The van der Waals surface area contributed by atoms with E-state index in [1.807, 2.05) is 4.68 Å². The summed E-state index contributed by atoms with van der Waals surface area (Å²) >= 11 is 0. The molecule has 1 N–H and O–H groups in total. The van der Waals surface area contributed by atoms with E-state index in [0.717, 1.165) is 18.8 Å². The summed E-state index contributed by atoms with van der Waals surface area (Å²) in [7, 11) is 0. The summed E-state index contributed by atoms with van der Waals surface area (Å²) in [4.78, 5) is 13.3. The lowest BCUT2D eigenvalue weighted by Gasteiger charge is -2.42. The Hall–Kier alpha value is -1.36. The number of hydrogen-bond acceptors (Lipinski definition) is 3. The molecule has 0 radical (unpaired) electrons. The second-order valence-corrected chi connectivity index (χ2v) is 4.96. The van der Waals surface area contributed by atoms with Crippen molar-refractivity contribution in [2.24, 2.45) is 0 Å². The van der Waals surface area contributed by atoms with Crippen LogP contribution < -0.4 is 0 Å². The molecule has 17 heavy (non-hydrogen) atoms. The monoisotopic (exact) mass is 237 g/mol. The smallest absolute Gasteiger partial charge is 0.312 e. The number of carbonyl (C=O) groups is 1. The van der Waals surface area contributed by atoms with Crippen LogP contribution in [0.2, 0.25) is 0 Å². The van der Waals surface area contributed by atoms with E-state index in [1.165, 1.54) is 0 Å². The third-order valence-electron chi connectivity index (χ3n) is 3.48. The van der Waals surface area contributed by atoms with Crippen LogP contribution in [-0.2, 0) is 4.79 Å². The van der Waals surface area contributed by atoms with Crippen molar-refractivity contribution >= 4 is 5.97 Å². The quantitative estimate of drug-likeness (QED) is 0.858. The average molecular weight is 237 g/mol. The second kappa shape index (κ2) is 4.49. The third kappa shape index (κ3) is 2.20. The van der Waals surface area contributed by atoms with E-state index in [4.69, 9.17) is 5.11 Å². The molecule has 5 heteroatoms. The predicted octanol–water partition coefficient (Wildman–Crippen LogP) is 1.34. The Morgan fingerprint density at radius 3 is 2.65 bits per heavy atom. The van der Waals surface area contributed by atoms with Crippen molar-refractivity contribution in [1.29, 1.82) is 0 Å². The minimum absolute atomic E-state index is 0.323. The first kappa shape index (κ1) is 12.1. The van der Waals surface area contributed by atoms with Crippen LogP contribution in [0.3, 0.4) is 0 Å². The molecule has 0 aliphatic carbocycles. The molecule has 0 amide bonds. The molecule has 94 valence electrons. The normalized spacial score (nSPS) is 19.3. The molecule has 2 rings (SSSR count). The van der Waals surface area contributed by atoms with Crippen molar-refractivity contribution in [2.45, 2.75) is 38.8 Å². The van der Waals surface area contributed by atoms with Crippen molar-refractivity contribution in [3.8, 4) is 0 Å². The zero-order valence-electron chi connectivity index (χ0n) is 10.5. The van der Waals surface area contributed by atoms with Crippen molar-refractivity contribution in [3.05, 3.63) is 18.0 Å². The maximum Gasteiger partial charge on any atom is 0.312 e. The Labute approximate surface area is 101 Å². The van der Waals surface area contributed by atoms with E-state index in [0.29, 0.717) is 12.1 Å². The van der Waals surface area contributed by atoms with Gasteiger partial charge in [-0.05, 0) is 26.8 Å². The summed E-state index contributed by atoms with van der Waals surface area (Å²) in [6.07, 6.45) is 1.69. The molecule has 0 saturated carbocycles. The van der Waals surface area contributed by atoms with E-state index in [2.05, 4.69) is 23.8 Å². The second-order valence-electron chi connectivity index (χ2n) is 4.96. The molecular formula is C12H19N3O2. The lowest BCUT2D eigenvalue weighted by Crippen LogP contribution is -2.51. The largest absolute Gasteiger partial charge is 0.481 e. The molecule has 1 aromatic rings. The first-order valence-electron chi connectivity index (χ1n) is 6.01. The number of carboxylic acids is 1. The molecule has 1 aliphatic heterocycles. The minimum atomic E-state index is -0.799. The van der Waals surface area contributed by atoms with Crippen molar-refractivity contribution < 1.29 is 9.90 Å². The summed E-state index contributed by atoms with van der Waals surface area (Å²) in [5.74, 6) is -1.29. The summed E-state index contributed by atoms with van der Waals surface area (Å²) in [5, 5.41) is 13.3. The van der Waals surface area contributed by atoms with Gasteiger partial charge in [-0.1, -0.05) is 0 Å². The highest BCUT2D eigenvalue weighted by molar-refractivity contribution is 5.74. The fourth-order valence-corrected chi connectivity index (χ4v) is 2.16. The molecule has 0 bridgehead atoms. The topological polar surface area (TPSA) is 58.4 Å². The summed E-state index contributed by atoms with van der Waals surface area (Å²) < 4.78 is 1.87. The molecule has 1 atom stereocenters. The molecule has 1 aromatic heterocycles. The standard InChI is InChI=1S/C12H19N3O2/c1-8(2)14-6-10(7-14)15-11(4-5-13-15)9(3)12(16)17/h4-5,8-10H,6-7H2,1-3H3,(H,16,17). The zero-order valence-corrected chi connectivity index (χ0v) is 10.5. The van der Waals surface area contributed by atoms with Gasteiger partial charge in [0.1, 0.15) is 0 Å². The van der Waals surface area contributed by atoms with Gasteiger partial charge >= 0.3 is 5.97 Å². The molecular weight excluding hydrogens is 218 g/mol. The number of rotatable bonds is 4. The molecule has 2 heterocycles. The van der Waals surface area contributed by atoms with Crippen LogP contribution in [-0.4, -0.2) is 44.9 Å². The molecule has 0 spiro atoms. The zero-order chi connectivity index (χ0) is 12.6. The van der Waals surface area contributed by atoms with Gasteiger partial charge in [0.25, 0.3) is 0 Å². The van der Waals surface area contributed by atoms with Crippen LogP contribution in [0.1, 0.15) is 38.4 Å². The molecule has 1 saturated heterocycles. The number of nitrogens with zero attached hydrogens (tertiary/aromatic N) is 3. The van der Waals surface area contributed by atoms with Crippen molar-refractivity contribution in [1.82, 2.24) is 14.7 Å². The number of aromatic nitrogens is 2. The Kier molecular flexibility index (Phi) is 3.19. The lowest BCUT2D eigenvalue weighted by molar-refractivity contribution is -0.138. The highest BCUT2D eigenvalue weighted by Gasteiger charge is 2.32. The van der Waals surface area contributed by atoms with E-state index < -0.39 is 11.9 Å². The third-order valence-corrected chi connectivity index (χ3v) is 3.48. The minimum Gasteiger partial charge on any atom is -0.481 e. The Bertz CT molecular complexity index is 408. The first-order chi connectivity index (χ1) is 8.00. The van der Waals surface area contributed by atoms with Gasteiger partial charge in [0.2, 0.25) is 0 Å². The van der Waals surface area contributed by atoms with Gasteiger partial charge in [0.15, 0.2) is 0 Å². The van der Waals surface area contributed by atoms with Crippen molar-refractivity contribution in [3.63, 3.8) is 0 Å². The number of carboxylic acid groups (broad SMARTS) is 1. The number of hydrogen-bond donors (Lipinski definition) is 1. The average Bonchev–Trinajstić information content (AvgIpc) is 2.62. The summed E-state index contributed by atoms with van der Waals surface area (Å²) in [6.45, 7) is 7.95. The van der Waals surface area contributed by atoms with Gasteiger partial charge in [-0.25, -0.2) is 0 Å². The lowest BCUT2D eigenvalue weighted by atomic mass is 10.0. The molecule has 0 aromatic carbocycles. The number of aliphatic carboxylic acids is 1. The Morgan fingerprint density at radius 1 is 1.47 bits per heavy atom. The molecule has 1 aliphatic rings. The Morgan fingerprint density at radius 2 is 2.12 bits per heavy atom. The molecule has 1 fully saturated rings. The molecule has 5 nitrogen and oxygen atoms in total. The van der Waals surface area contributed by atoms with E-state index >= 15 is 0 Å². The van der Waals surface area contributed by atoms with Crippen LogP contribution in [0.5, 0.6) is 0 Å². The van der Waals surface area contributed by atoms with E-state index in [9.17, 15) is 4.79 Å². The fraction of sp³-hybridized carbons (Fsp3) is 0.667. The fourth-order valence-electron chi connectivity index (χ4n) is 2.16. The van der Waals surface area contributed by atoms with Gasteiger partial charge in [-0.15, -0.1) is 0 Å². The van der Waals surface area contributed by atoms with Crippen LogP contribution >= 0.6 is 0 Å². The van der Waals surface area contributed by atoms with Crippen LogP contribution in [0.25, 0.3) is 0 Å². The predicted molar refractivity (Wildman–Crippen MR) is 64.0 cm³/mol. The van der Waals surface area contributed by atoms with Gasteiger partial charge in [0, 0.05) is 25.3 Å². The highest BCUT2D eigenvalue weighted by atomic mass is 16.4. The van der Waals surface area contributed by atoms with Crippen molar-refractivity contribution in [2.75, 3.05) is 13.1 Å². The van der Waals surface area contributed by atoms with Gasteiger partial charge < -0.3 is 5.11 Å². The Balaban J connectivity index is 2.09. The first-order valence-corrected chi connectivity index (χ1v) is 6.01. The van der Waals surface area contributed by atoms with E-state index in [-0.39, 0.29) is 0 Å². The highest BCUT2D eigenvalue weighted by Crippen LogP contribution is 2.26. The maximum absolute atomic E-state index is 11.0. The SMILES string of the molecule is CC(C(=O)O)c1ccnn1C1CN(C(C)C)C1. The van der Waals surface area contributed by atoms with Crippen LogP contribution in [0.4, 0.5) is 0 Å². The maximum atomic E-state index is 11.0. The van der Waals surface area contributed by atoms with Gasteiger partial charge in [-0.3, -0.25) is 14.4 Å². The van der Waals surface area contributed by atoms with Gasteiger partial charge in [-0.2, -0.15) is 5.10 Å². The summed E-state index contributed by atoms with van der Waals surface area (Å²) in [6, 6.07) is 2.67. The summed E-state index contributed by atoms with van der Waals surface area (Å²) in [5.41, 5.74) is 0.797.